The summed E-state index contributed by atoms with van der Waals surface area (Å²) in [5.74, 6) is 1.41. The van der Waals surface area contributed by atoms with Crippen molar-refractivity contribution < 1.29 is 19.0 Å². The predicted octanol–water partition coefficient (Wildman–Crippen LogP) is 3.07. The molecule has 2 aliphatic heterocycles. The molecule has 0 aliphatic carbocycles. The maximum atomic E-state index is 12.8. The summed E-state index contributed by atoms with van der Waals surface area (Å²) >= 11 is 0. The summed E-state index contributed by atoms with van der Waals surface area (Å²) in [6, 6.07) is 13.1. The van der Waals surface area contributed by atoms with Crippen LogP contribution < -0.4 is 15.2 Å². The number of guanidine groups is 1. The third-order valence-corrected chi connectivity index (χ3v) is 6.39. The molecule has 2 aliphatic rings. The van der Waals surface area contributed by atoms with Crippen LogP contribution in [0.3, 0.4) is 0 Å². The lowest BCUT2D eigenvalue weighted by molar-refractivity contribution is -0.151. The van der Waals surface area contributed by atoms with E-state index in [1.165, 1.54) is 5.56 Å². The van der Waals surface area contributed by atoms with Crippen molar-refractivity contribution in [3.63, 3.8) is 0 Å². The Balaban J connectivity index is 1.48. The fourth-order valence-electron chi connectivity index (χ4n) is 4.46. The third kappa shape index (κ3) is 5.85. The van der Waals surface area contributed by atoms with Gasteiger partial charge in [-0.2, -0.15) is 0 Å². The molecule has 2 aromatic rings. The van der Waals surface area contributed by atoms with Gasteiger partial charge in [0, 0.05) is 31.6 Å². The van der Waals surface area contributed by atoms with Crippen molar-refractivity contribution in [1.82, 2.24) is 9.80 Å². The van der Waals surface area contributed by atoms with Gasteiger partial charge in [0.05, 0.1) is 19.0 Å². The quantitative estimate of drug-likeness (QED) is 0.317. The zero-order valence-electron chi connectivity index (χ0n) is 20.3. The van der Waals surface area contributed by atoms with Gasteiger partial charge in [-0.3, -0.25) is 10.8 Å². The molecule has 35 heavy (non-hydrogen) atoms. The second-order valence-corrected chi connectivity index (χ2v) is 8.87. The Bertz CT molecular complexity index is 1090. The minimum atomic E-state index is -0.919. The van der Waals surface area contributed by atoms with Crippen LogP contribution in [0, 0.1) is 10.8 Å². The minimum absolute atomic E-state index is 0.0308. The predicted molar refractivity (Wildman–Crippen MR) is 133 cm³/mol. The van der Waals surface area contributed by atoms with Crippen LogP contribution in [0.1, 0.15) is 43.1 Å². The Kier molecular flexibility index (Phi) is 7.43. The number of esters is 1. The van der Waals surface area contributed by atoms with Crippen molar-refractivity contribution in [3.05, 3.63) is 59.2 Å². The number of hydrogen-bond acceptors (Lipinski definition) is 6. The maximum absolute atomic E-state index is 12.8. The Labute approximate surface area is 205 Å². The molecule has 0 saturated carbocycles. The van der Waals surface area contributed by atoms with Gasteiger partial charge in [-0.15, -0.1) is 0 Å². The molecule has 0 aromatic heterocycles. The van der Waals surface area contributed by atoms with Crippen molar-refractivity contribution >= 4 is 17.8 Å². The average molecular weight is 480 g/mol. The van der Waals surface area contributed by atoms with E-state index < -0.39 is 12.1 Å². The minimum Gasteiger partial charge on any atom is -0.489 e. The number of likely N-dealkylation sites (tertiary alicyclic amines) is 1. The number of amidine groups is 1. The van der Waals surface area contributed by atoms with E-state index >= 15 is 0 Å². The lowest BCUT2D eigenvalue weighted by Crippen LogP contribution is -2.40. The van der Waals surface area contributed by atoms with Crippen molar-refractivity contribution in [1.29, 1.82) is 10.8 Å². The molecule has 1 fully saturated rings. The van der Waals surface area contributed by atoms with Gasteiger partial charge in [0.25, 0.3) is 0 Å². The normalized spacial score (nSPS) is 17.9. The molecule has 9 nitrogen and oxygen atoms in total. The van der Waals surface area contributed by atoms with Gasteiger partial charge in [-0.1, -0.05) is 18.2 Å². The second-order valence-electron chi connectivity index (χ2n) is 8.87. The number of carbonyl (C=O) groups is 1. The van der Waals surface area contributed by atoms with Gasteiger partial charge >= 0.3 is 5.97 Å². The number of hydrogen-bond donors (Lipinski definition) is 3. The zero-order chi connectivity index (χ0) is 24.9. The number of ether oxygens (including phenoxy) is 3. The first-order chi connectivity index (χ1) is 16.8. The molecular weight excluding hydrogens is 446 g/mol. The molecular formula is C26H33N5O4. The summed E-state index contributed by atoms with van der Waals surface area (Å²) in [5, 5.41) is 15.5. The largest absolute Gasteiger partial charge is 0.489 e. The van der Waals surface area contributed by atoms with Crippen LogP contribution >= 0.6 is 0 Å². The van der Waals surface area contributed by atoms with Crippen LogP contribution in [-0.2, 0) is 22.5 Å². The standard InChI is InChI=1S/C26H33N5O4/c1-3-33-25(32)24(35-22-9-4-18-10-12-31(26(28)29)15-20(18)14-22)19-5-7-21(8-6-19)34-23-11-13-30(16-23)17(2)27/h4-9,14,23-24,27H,3,10-13,15-16H2,1-2H3,(H3,28,29)/t23-,24?/m0/s1. The van der Waals surface area contributed by atoms with E-state index in [-0.39, 0.29) is 18.7 Å². The number of fused-ring (bicyclic) bond motifs is 1. The number of benzene rings is 2. The molecule has 2 aromatic carbocycles. The average Bonchev–Trinajstić information content (AvgIpc) is 3.31. The Morgan fingerprint density at radius 3 is 2.49 bits per heavy atom. The second kappa shape index (κ2) is 10.7. The molecule has 0 spiro atoms. The topological polar surface area (TPSA) is 125 Å². The van der Waals surface area contributed by atoms with Crippen molar-refractivity contribution in [2.75, 3.05) is 26.2 Å². The molecule has 0 amide bonds. The lowest BCUT2D eigenvalue weighted by Gasteiger charge is -2.29. The summed E-state index contributed by atoms with van der Waals surface area (Å²) in [6.07, 6.45) is 0.780. The van der Waals surface area contributed by atoms with Crippen molar-refractivity contribution in [2.24, 2.45) is 5.73 Å². The van der Waals surface area contributed by atoms with Crippen LogP contribution in [0.25, 0.3) is 0 Å². The lowest BCUT2D eigenvalue weighted by atomic mass is 9.99. The number of carbonyl (C=O) groups excluding carboxylic acids is 1. The molecule has 1 saturated heterocycles. The van der Waals surface area contributed by atoms with E-state index in [0.29, 0.717) is 42.5 Å². The summed E-state index contributed by atoms with van der Waals surface area (Å²) in [6.45, 7) is 6.57. The molecule has 4 rings (SSSR count). The highest BCUT2D eigenvalue weighted by atomic mass is 16.6. The Morgan fingerprint density at radius 1 is 1.09 bits per heavy atom. The first kappa shape index (κ1) is 24.4. The number of nitrogens with two attached hydrogens (primary N) is 1. The maximum Gasteiger partial charge on any atom is 0.352 e. The van der Waals surface area contributed by atoms with E-state index in [4.69, 9.17) is 30.8 Å². The van der Waals surface area contributed by atoms with Gasteiger partial charge in [0.15, 0.2) is 5.96 Å². The van der Waals surface area contributed by atoms with Gasteiger partial charge in [0.1, 0.15) is 17.6 Å². The molecule has 2 atom stereocenters. The molecule has 1 unspecified atom stereocenters. The smallest absolute Gasteiger partial charge is 0.352 e. The Morgan fingerprint density at radius 2 is 1.83 bits per heavy atom. The van der Waals surface area contributed by atoms with E-state index in [1.54, 1.807) is 18.7 Å². The molecule has 0 bridgehead atoms. The summed E-state index contributed by atoms with van der Waals surface area (Å²) < 4.78 is 17.5. The van der Waals surface area contributed by atoms with Crippen LogP contribution in [0.2, 0.25) is 0 Å². The van der Waals surface area contributed by atoms with Gasteiger partial charge < -0.3 is 29.7 Å². The van der Waals surface area contributed by atoms with Crippen LogP contribution in [0.5, 0.6) is 11.5 Å². The molecule has 0 radical (unpaired) electrons. The SMILES string of the molecule is CCOC(=O)C(Oc1ccc2c(c1)CN(C(=N)N)CC2)c1ccc(O[C@H]2CCN(C(C)=N)C2)cc1. The monoisotopic (exact) mass is 479 g/mol. The first-order valence-electron chi connectivity index (χ1n) is 11.9. The van der Waals surface area contributed by atoms with Crippen LogP contribution in [0.4, 0.5) is 0 Å². The highest BCUT2D eigenvalue weighted by Gasteiger charge is 2.27. The van der Waals surface area contributed by atoms with Crippen molar-refractivity contribution in [3.8, 4) is 11.5 Å². The molecule has 9 heteroatoms. The summed E-state index contributed by atoms with van der Waals surface area (Å²) in [7, 11) is 0. The number of nitrogens with zero attached hydrogens (tertiary/aromatic N) is 2. The fraction of sp³-hybridized carbons (Fsp3) is 0.423. The fourth-order valence-corrected chi connectivity index (χ4v) is 4.46. The molecule has 4 N–H and O–H groups in total. The third-order valence-electron chi connectivity index (χ3n) is 6.39. The molecule has 186 valence electrons. The van der Waals surface area contributed by atoms with Crippen LogP contribution in [0.15, 0.2) is 42.5 Å². The summed E-state index contributed by atoms with van der Waals surface area (Å²) in [4.78, 5) is 16.6. The number of rotatable bonds is 7. The Hall–Kier alpha value is -3.75. The van der Waals surface area contributed by atoms with E-state index in [2.05, 4.69) is 0 Å². The van der Waals surface area contributed by atoms with Crippen LogP contribution in [-0.4, -0.2) is 59.9 Å². The van der Waals surface area contributed by atoms with E-state index in [1.807, 2.05) is 47.4 Å². The van der Waals surface area contributed by atoms with Gasteiger partial charge in [-0.05, 0) is 55.7 Å². The van der Waals surface area contributed by atoms with Gasteiger partial charge in [-0.25, -0.2) is 4.79 Å². The van der Waals surface area contributed by atoms with Gasteiger partial charge in [0.2, 0.25) is 6.10 Å². The zero-order valence-corrected chi connectivity index (χ0v) is 20.3. The summed E-state index contributed by atoms with van der Waals surface area (Å²) in [5.41, 5.74) is 8.56. The molecule has 2 heterocycles. The number of nitrogens with one attached hydrogen (secondary N) is 2. The van der Waals surface area contributed by atoms with Crippen molar-refractivity contribution in [2.45, 2.75) is 45.4 Å². The highest BCUT2D eigenvalue weighted by molar-refractivity contribution is 5.77. The van der Waals surface area contributed by atoms with E-state index in [0.717, 1.165) is 24.9 Å². The highest BCUT2D eigenvalue weighted by Crippen LogP contribution is 2.29. The van der Waals surface area contributed by atoms with E-state index in [9.17, 15) is 4.79 Å². The first-order valence-corrected chi connectivity index (χ1v) is 11.9.